The summed E-state index contributed by atoms with van der Waals surface area (Å²) in [6.45, 7) is -0.0406. The van der Waals surface area contributed by atoms with E-state index in [1.165, 1.54) is 0 Å². The van der Waals surface area contributed by atoms with E-state index in [1.807, 2.05) is 0 Å². The molecular weight excluding hydrogens is 329 g/mol. The van der Waals surface area contributed by atoms with Crippen LogP contribution in [0.5, 0.6) is 0 Å². The van der Waals surface area contributed by atoms with Crippen molar-refractivity contribution >= 4 is 17.8 Å². The summed E-state index contributed by atoms with van der Waals surface area (Å²) < 4.78 is 37.2. The molecular formula is C15H17F3N2O4. The molecule has 0 aliphatic heterocycles. The Morgan fingerprint density at radius 3 is 2.17 bits per heavy atom. The van der Waals surface area contributed by atoms with Crippen molar-refractivity contribution in [2.75, 3.05) is 13.1 Å². The van der Waals surface area contributed by atoms with Crippen molar-refractivity contribution in [2.45, 2.75) is 25.4 Å². The monoisotopic (exact) mass is 346 g/mol. The number of hydrogen-bond acceptors (Lipinski definition) is 3. The minimum atomic E-state index is -4.48. The summed E-state index contributed by atoms with van der Waals surface area (Å²) in [5.74, 6) is -2.04. The fourth-order valence-corrected chi connectivity index (χ4v) is 1.76. The first-order chi connectivity index (χ1) is 11.2. The van der Waals surface area contributed by atoms with E-state index in [9.17, 15) is 27.6 Å². The maximum Gasteiger partial charge on any atom is 0.416 e. The summed E-state index contributed by atoms with van der Waals surface area (Å²) >= 11 is 0. The molecule has 3 N–H and O–H groups in total. The number of amides is 2. The number of benzene rings is 1. The van der Waals surface area contributed by atoms with E-state index in [2.05, 4.69) is 10.6 Å². The summed E-state index contributed by atoms with van der Waals surface area (Å²) in [5, 5.41) is 13.2. The third-order valence-corrected chi connectivity index (χ3v) is 3.02. The lowest BCUT2D eigenvalue weighted by Crippen LogP contribution is -2.37. The van der Waals surface area contributed by atoms with Gasteiger partial charge < -0.3 is 15.7 Å². The van der Waals surface area contributed by atoms with Crippen LogP contribution in [0.4, 0.5) is 13.2 Å². The number of hydrogen-bond donors (Lipinski definition) is 3. The zero-order chi connectivity index (χ0) is 18.2. The zero-order valence-corrected chi connectivity index (χ0v) is 12.7. The average molecular weight is 346 g/mol. The first-order valence-electron chi connectivity index (χ1n) is 7.14. The Bertz CT molecular complexity index is 585. The molecule has 9 heteroatoms. The molecule has 0 saturated carbocycles. The summed E-state index contributed by atoms with van der Waals surface area (Å²) in [6.07, 6.45) is -3.55. The molecule has 0 atom stereocenters. The first kappa shape index (κ1) is 19.5. The van der Waals surface area contributed by atoms with Crippen LogP contribution in [0.25, 0.3) is 0 Å². The van der Waals surface area contributed by atoms with Crippen molar-refractivity contribution in [2.24, 2.45) is 0 Å². The second-order valence-electron chi connectivity index (χ2n) is 4.96. The maximum atomic E-state index is 12.4. The fourth-order valence-electron chi connectivity index (χ4n) is 1.76. The fraction of sp³-hybridized carbons (Fsp3) is 0.400. The molecule has 24 heavy (non-hydrogen) atoms. The van der Waals surface area contributed by atoms with Crippen molar-refractivity contribution in [3.05, 3.63) is 35.4 Å². The second-order valence-corrected chi connectivity index (χ2v) is 4.96. The number of halogens is 3. The third-order valence-electron chi connectivity index (χ3n) is 3.02. The highest BCUT2D eigenvalue weighted by molar-refractivity contribution is 5.96. The van der Waals surface area contributed by atoms with Crippen LogP contribution >= 0.6 is 0 Å². The second kappa shape index (κ2) is 8.90. The number of aliphatic carboxylic acids is 1. The molecule has 0 radical (unpaired) electrons. The smallest absolute Gasteiger partial charge is 0.416 e. The van der Waals surface area contributed by atoms with Gasteiger partial charge in [0.05, 0.1) is 12.1 Å². The van der Waals surface area contributed by atoms with Gasteiger partial charge in [0.15, 0.2) is 0 Å². The molecule has 0 aliphatic carbocycles. The molecule has 6 nitrogen and oxygen atoms in total. The van der Waals surface area contributed by atoms with Crippen LogP contribution in [0.15, 0.2) is 24.3 Å². The summed E-state index contributed by atoms with van der Waals surface area (Å²) in [7, 11) is 0. The lowest BCUT2D eigenvalue weighted by atomic mass is 10.1. The Labute approximate surface area is 136 Å². The minimum absolute atomic E-state index is 0.0114. The zero-order valence-electron chi connectivity index (χ0n) is 12.7. The molecule has 0 unspecified atom stereocenters. The van der Waals surface area contributed by atoms with Gasteiger partial charge in [-0.3, -0.25) is 14.4 Å². The van der Waals surface area contributed by atoms with Gasteiger partial charge in [0.1, 0.15) is 0 Å². The van der Waals surface area contributed by atoms with Crippen LogP contribution in [-0.2, 0) is 15.8 Å². The number of carboxylic acid groups (broad SMARTS) is 1. The van der Waals surface area contributed by atoms with Crippen molar-refractivity contribution in [3.63, 3.8) is 0 Å². The van der Waals surface area contributed by atoms with Crippen molar-refractivity contribution < 1.29 is 32.7 Å². The molecule has 1 aromatic rings. The van der Waals surface area contributed by atoms with Gasteiger partial charge in [0.25, 0.3) is 5.91 Å². The van der Waals surface area contributed by atoms with Crippen molar-refractivity contribution in [1.29, 1.82) is 0 Å². The number of rotatable bonds is 8. The molecule has 0 bridgehead atoms. The summed E-state index contributed by atoms with van der Waals surface area (Å²) in [6, 6.07) is 3.64. The standard InChI is InChI=1S/C15H17F3N2O4/c16-15(17,18)11-6-4-10(5-7-11)14(24)20-9-12(21)19-8-2-1-3-13(22)23/h4-7H,1-3,8-9H2,(H,19,21)(H,20,24)(H,22,23). The molecule has 0 spiro atoms. The third kappa shape index (κ3) is 7.12. The molecule has 0 aromatic heterocycles. The number of carbonyl (C=O) groups excluding carboxylic acids is 2. The average Bonchev–Trinajstić information content (AvgIpc) is 2.51. The van der Waals surface area contributed by atoms with Crippen LogP contribution in [0.3, 0.4) is 0 Å². The Kier molecular flexibility index (Phi) is 7.22. The number of nitrogens with one attached hydrogen (secondary N) is 2. The van der Waals surface area contributed by atoms with Crippen LogP contribution in [0.1, 0.15) is 35.2 Å². The highest BCUT2D eigenvalue weighted by Gasteiger charge is 2.30. The van der Waals surface area contributed by atoms with Crippen molar-refractivity contribution in [1.82, 2.24) is 10.6 Å². The van der Waals surface area contributed by atoms with Gasteiger partial charge in [-0.2, -0.15) is 13.2 Å². The highest BCUT2D eigenvalue weighted by Crippen LogP contribution is 2.28. The van der Waals surface area contributed by atoms with Crippen LogP contribution in [-0.4, -0.2) is 36.0 Å². The summed E-state index contributed by atoms with van der Waals surface area (Å²) in [5.41, 5.74) is -0.851. The molecule has 1 aromatic carbocycles. The van der Waals surface area contributed by atoms with Gasteiger partial charge >= 0.3 is 12.1 Å². The number of unbranched alkanes of at least 4 members (excludes halogenated alkanes) is 1. The molecule has 0 fully saturated rings. The largest absolute Gasteiger partial charge is 0.481 e. The van der Waals surface area contributed by atoms with Gasteiger partial charge in [-0.15, -0.1) is 0 Å². The molecule has 0 aliphatic rings. The maximum absolute atomic E-state index is 12.4. The number of carbonyl (C=O) groups is 3. The lowest BCUT2D eigenvalue weighted by Gasteiger charge is -2.09. The van der Waals surface area contributed by atoms with E-state index in [0.717, 1.165) is 24.3 Å². The van der Waals surface area contributed by atoms with Gasteiger partial charge in [0, 0.05) is 18.5 Å². The van der Waals surface area contributed by atoms with Gasteiger partial charge in [-0.1, -0.05) is 0 Å². The predicted octanol–water partition coefficient (Wildman–Crippen LogP) is 1.81. The van der Waals surface area contributed by atoms with Gasteiger partial charge in [0.2, 0.25) is 5.91 Å². The highest BCUT2D eigenvalue weighted by atomic mass is 19.4. The SMILES string of the molecule is O=C(O)CCCCNC(=O)CNC(=O)c1ccc(C(F)(F)F)cc1. The summed E-state index contributed by atoms with van der Waals surface area (Å²) in [4.78, 5) is 33.5. The van der Waals surface area contributed by atoms with E-state index < -0.39 is 29.5 Å². The predicted molar refractivity (Wildman–Crippen MR) is 78.3 cm³/mol. The Balaban J connectivity index is 2.32. The Morgan fingerprint density at radius 1 is 1.00 bits per heavy atom. The Hall–Kier alpha value is -2.58. The van der Waals surface area contributed by atoms with Crippen molar-refractivity contribution in [3.8, 4) is 0 Å². The van der Waals surface area contributed by atoms with Gasteiger partial charge in [-0.05, 0) is 37.1 Å². The molecule has 2 amide bonds. The van der Waals surface area contributed by atoms with E-state index in [4.69, 9.17) is 5.11 Å². The topological polar surface area (TPSA) is 95.5 Å². The van der Waals surface area contributed by atoms with E-state index in [1.54, 1.807) is 0 Å². The molecule has 132 valence electrons. The lowest BCUT2D eigenvalue weighted by molar-refractivity contribution is -0.138. The van der Waals surface area contributed by atoms with Crippen LogP contribution in [0, 0.1) is 0 Å². The number of carboxylic acids is 1. The molecule has 1 rings (SSSR count). The van der Waals surface area contributed by atoms with E-state index in [0.29, 0.717) is 12.8 Å². The van der Waals surface area contributed by atoms with Crippen LogP contribution < -0.4 is 10.6 Å². The van der Waals surface area contributed by atoms with E-state index in [-0.39, 0.29) is 25.1 Å². The first-order valence-corrected chi connectivity index (χ1v) is 7.14. The van der Waals surface area contributed by atoms with Gasteiger partial charge in [-0.25, -0.2) is 0 Å². The minimum Gasteiger partial charge on any atom is -0.481 e. The Morgan fingerprint density at radius 2 is 1.62 bits per heavy atom. The molecule has 0 saturated heterocycles. The quantitative estimate of drug-likeness (QED) is 0.626. The normalized spacial score (nSPS) is 11.0. The van der Waals surface area contributed by atoms with Crippen LogP contribution in [0.2, 0.25) is 0 Å². The molecule has 0 heterocycles. The van der Waals surface area contributed by atoms with E-state index >= 15 is 0 Å². The number of alkyl halides is 3.